The van der Waals surface area contributed by atoms with E-state index >= 15 is 0 Å². The van der Waals surface area contributed by atoms with Crippen LogP contribution in [0.3, 0.4) is 0 Å². The van der Waals surface area contributed by atoms with Crippen LogP contribution in [-0.4, -0.2) is 4.98 Å². The summed E-state index contributed by atoms with van der Waals surface area (Å²) in [4.78, 5) is 2.99. The minimum absolute atomic E-state index is 0. The number of nitrogens with two attached hydrogens (primary N) is 1. The number of rotatable bonds is 2. The van der Waals surface area contributed by atoms with Crippen molar-refractivity contribution in [3.05, 3.63) is 65.0 Å². The number of nitriles is 1. The lowest BCUT2D eigenvalue weighted by molar-refractivity contribution is 0.627. The molecular formula is C17H13ClFN3. The summed E-state index contributed by atoms with van der Waals surface area (Å²) in [6.07, 6.45) is 3.72. The standard InChI is InChI=1S/C17H12FN3.ClH/c18-13-3-1-2-11(8-13)4-5-12-6-7-14-15(10-19)17(20)21-16(14)9-12;/h1-9,21H,20H2;1H/b5-4+;. The molecule has 0 amide bonds. The summed E-state index contributed by atoms with van der Waals surface area (Å²) < 4.78 is 13.1. The van der Waals surface area contributed by atoms with Crippen LogP contribution in [-0.2, 0) is 0 Å². The van der Waals surface area contributed by atoms with E-state index in [1.165, 1.54) is 12.1 Å². The Kier molecular flexibility index (Phi) is 4.50. The van der Waals surface area contributed by atoms with E-state index < -0.39 is 0 Å². The van der Waals surface area contributed by atoms with Crippen molar-refractivity contribution in [1.29, 1.82) is 5.26 Å². The number of H-pyrrole nitrogens is 1. The second-order valence-corrected chi connectivity index (χ2v) is 4.72. The first-order valence-corrected chi connectivity index (χ1v) is 6.42. The molecule has 3 nitrogen and oxygen atoms in total. The quantitative estimate of drug-likeness (QED) is 0.691. The third-order valence-electron chi connectivity index (χ3n) is 3.28. The van der Waals surface area contributed by atoms with Gasteiger partial charge in [0.1, 0.15) is 23.3 Å². The van der Waals surface area contributed by atoms with Crippen molar-refractivity contribution in [2.45, 2.75) is 0 Å². The highest BCUT2D eigenvalue weighted by Crippen LogP contribution is 2.25. The molecule has 3 aromatic rings. The molecule has 0 saturated heterocycles. The van der Waals surface area contributed by atoms with E-state index in [0.717, 1.165) is 22.0 Å². The molecule has 0 bridgehead atoms. The van der Waals surface area contributed by atoms with Gasteiger partial charge in [0.15, 0.2) is 0 Å². The summed E-state index contributed by atoms with van der Waals surface area (Å²) in [5, 5.41) is 9.86. The molecule has 1 heterocycles. The Morgan fingerprint density at radius 1 is 1.09 bits per heavy atom. The van der Waals surface area contributed by atoms with E-state index in [1.54, 1.807) is 6.07 Å². The number of anilines is 1. The van der Waals surface area contributed by atoms with Gasteiger partial charge in [0.25, 0.3) is 0 Å². The lowest BCUT2D eigenvalue weighted by atomic mass is 10.1. The van der Waals surface area contributed by atoms with Crippen molar-refractivity contribution in [3.63, 3.8) is 0 Å². The van der Waals surface area contributed by atoms with Crippen LogP contribution in [0, 0.1) is 17.1 Å². The van der Waals surface area contributed by atoms with Crippen LogP contribution in [0.4, 0.5) is 10.2 Å². The number of benzene rings is 2. The zero-order valence-electron chi connectivity index (χ0n) is 11.5. The van der Waals surface area contributed by atoms with Crippen molar-refractivity contribution >= 4 is 41.3 Å². The molecule has 0 unspecified atom stereocenters. The topological polar surface area (TPSA) is 65.6 Å². The molecule has 0 atom stereocenters. The van der Waals surface area contributed by atoms with Crippen molar-refractivity contribution < 1.29 is 4.39 Å². The summed E-state index contributed by atoms with van der Waals surface area (Å²) in [5.74, 6) is 0.113. The van der Waals surface area contributed by atoms with Gasteiger partial charge in [0, 0.05) is 10.9 Å². The summed E-state index contributed by atoms with van der Waals surface area (Å²) >= 11 is 0. The number of nitrogens with zero attached hydrogens (tertiary/aromatic N) is 1. The number of nitrogens with one attached hydrogen (secondary N) is 1. The van der Waals surface area contributed by atoms with Crippen molar-refractivity contribution in [2.75, 3.05) is 5.73 Å². The predicted octanol–water partition coefficient (Wildman–Crippen LogP) is 4.35. The van der Waals surface area contributed by atoms with Gasteiger partial charge in [-0.15, -0.1) is 12.4 Å². The highest BCUT2D eigenvalue weighted by atomic mass is 35.5. The lowest BCUT2D eigenvalue weighted by Crippen LogP contribution is -1.85. The SMILES string of the molecule is Cl.N#Cc1c(N)[nH]c2cc(/C=C/c3cccc(F)c3)ccc12. The summed E-state index contributed by atoms with van der Waals surface area (Å²) in [7, 11) is 0. The molecule has 5 heteroatoms. The molecule has 0 fully saturated rings. The Balaban J connectivity index is 0.00000176. The smallest absolute Gasteiger partial charge is 0.123 e. The molecule has 0 saturated carbocycles. The number of hydrogen-bond donors (Lipinski definition) is 2. The fourth-order valence-electron chi connectivity index (χ4n) is 2.26. The Bertz CT molecular complexity index is 891. The van der Waals surface area contributed by atoms with E-state index in [-0.39, 0.29) is 18.2 Å². The summed E-state index contributed by atoms with van der Waals surface area (Å²) in [5.41, 5.74) is 8.76. The first-order valence-electron chi connectivity index (χ1n) is 6.42. The first kappa shape index (κ1) is 15.6. The third-order valence-corrected chi connectivity index (χ3v) is 3.28. The Labute approximate surface area is 133 Å². The molecule has 22 heavy (non-hydrogen) atoms. The molecular weight excluding hydrogens is 301 g/mol. The van der Waals surface area contributed by atoms with Gasteiger partial charge in [0.05, 0.1) is 0 Å². The van der Waals surface area contributed by atoms with Gasteiger partial charge in [-0.05, 0) is 29.3 Å². The molecule has 0 aliphatic rings. The molecule has 0 aliphatic carbocycles. The maximum atomic E-state index is 13.1. The van der Waals surface area contributed by atoms with Gasteiger partial charge in [0.2, 0.25) is 0 Å². The second kappa shape index (κ2) is 6.33. The van der Waals surface area contributed by atoms with E-state index in [2.05, 4.69) is 11.1 Å². The van der Waals surface area contributed by atoms with Crippen LogP contribution >= 0.6 is 12.4 Å². The zero-order valence-corrected chi connectivity index (χ0v) is 12.3. The highest BCUT2D eigenvalue weighted by Gasteiger charge is 2.07. The van der Waals surface area contributed by atoms with Crippen LogP contribution < -0.4 is 5.73 Å². The van der Waals surface area contributed by atoms with Crippen LogP contribution in [0.5, 0.6) is 0 Å². The molecule has 0 spiro atoms. The van der Waals surface area contributed by atoms with E-state index in [0.29, 0.717) is 11.4 Å². The van der Waals surface area contributed by atoms with Crippen molar-refractivity contribution in [2.24, 2.45) is 0 Å². The largest absolute Gasteiger partial charge is 0.384 e. The fourth-order valence-corrected chi connectivity index (χ4v) is 2.26. The number of halogens is 2. The average molecular weight is 314 g/mol. The lowest BCUT2D eigenvalue weighted by Gasteiger charge is -1.96. The Morgan fingerprint density at radius 3 is 2.50 bits per heavy atom. The maximum absolute atomic E-state index is 13.1. The van der Waals surface area contributed by atoms with Crippen LogP contribution in [0.25, 0.3) is 23.1 Å². The van der Waals surface area contributed by atoms with Crippen LogP contribution in [0.15, 0.2) is 42.5 Å². The molecule has 3 rings (SSSR count). The predicted molar refractivity (Wildman–Crippen MR) is 90.0 cm³/mol. The minimum Gasteiger partial charge on any atom is -0.384 e. The van der Waals surface area contributed by atoms with E-state index in [1.807, 2.05) is 36.4 Å². The number of aromatic amines is 1. The Hall–Kier alpha value is -2.77. The number of aromatic nitrogens is 1. The maximum Gasteiger partial charge on any atom is 0.123 e. The van der Waals surface area contributed by atoms with Gasteiger partial charge < -0.3 is 10.7 Å². The highest BCUT2D eigenvalue weighted by molar-refractivity contribution is 5.92. The van der Waals surface area contributed by atoms with Crippen molar-refractivity contribution in [3.8, 4) is 6.07 Å². The summed E-state index contributed by atoms with van der Waals surface area (Å²) in [6, 6.07) is 14.1. The molecule has 3 N–H and O–H groups in total. The average Bonchev–Trinajstić information content (AvgIpc) is 2.79. The molecule has 110 valence electrons. The first-order chi connectivity index (χ1) is 10.2. The number of fused-ring (bicyclic) bond motifs is 1. The Morgan fingerprint density at radius 2 is 1.82 bits per heavy atom. The normalized spacial score (nSPS) is 10.5. The minimum atomic E-state index is -0.261. The monoisotopic (exact) mass is 313 g/mol. The van der Waals surface area contributed by atoms with E-state index in [4.69, 9.17) is 11.0 Å². The van der Waals surface area contributed by atoms with Crippen LogP contribution in [0.2, 0.25) is 0 Å². The zero-order chi connectivity index (χ0) is 14.8. The van der Waals surface area contributed by atoms with Gasteiger partial charge in [-0.2, -0.15) is 5.26 Å². The van der Waals surface area contributed by atoms with Crippen molar-refractivity contribution in [1.82, 2.24) is 4.98 Å². The number of nitrogen functional groups attached to an aromatic ring is 1. The molecule has 1 aromatic heterocycles. The van der Waals surface area contributed by atoms with Gasteiger partial charge >= 0.3 is 0 Å². The van der Waals surface area contributed by atoms with E-state index in [9.17, 15) is 4.39 Å². The molecule has 0 radical (unpaired) electrons. The molecule has 0 aliphatic heterocycles. The third kappa shape index (κ3) is 2.95. The van der Waals surface area contributed by atoms with Gasteiger partial charge in [-0.1, -0.05) is 36.4 Å². The fraction of sp³-hybridized carbons (Fsp3) is 0. The summed E-state index contributed by atoms with van der Waals surface area (Å²) in [6.45, 7) is 0. The van der Waals surface area contributed by atoms with Crippen LogP contribution in [0.1, 0.15) is 16.7 Å². The van der Waals surface area contributed by atoms with Gasteiger partial charge in [-0.3, -0.25) is 0 Å². The molecule has 2 aromatic carbocycles. The number of hydrogen-bond acceptors (Lipinski definition) is 2. The van der Waals surface area contributed by atoms with Gasteiger partial charge in [-0.25, -0.2) is 4.39 Å². The second-order valence-electron chi connectivity index (χ2n) is 4.72.